The molecule has 0 aromatic heterocycles. The minimum atomic E-state index is -4.35. The molecule has 2 rings (SSSR count). The topological polar surface area (TPSA) is 43.8 Å². The van der Waals surface area contributed by atoms with E-state index in [1.807, 2.05) is 25.1 Å². The van der Waals surface area contributed by atoms with Gasteiger partial charge in [0.05, 0.1) is 11.1 Å². The molecule has 0 atom stereocenters. The van der Waals surface area contributed by atoms with Crippen LogP contribution in [0, 0.1) is 0 Å². The van der Waals surface area contributed by atoms with Crippen LogP contribution in [-0.2, 0) is 19.3 Å². The van der Waals surface area contributed by atoms with Crippen molar-refractivity contribution >= 4 is 5.97 Å². The second-order valence-corrected chi connectivity index (χ2v) is 6.71. The molecular formula is C20H23F3N2O2. The van der Waals surface area contributed by atoms with Gasteiger partial charge in [0.2, 0.25) is 0 Å². The zero-order chi connectivity index (χ0) is 20.0. The molecule has 146 valence electrons. The lowest BCUT2D eigenvalue weighted by Gasteiger charge is -2.24. The van der Waals surface area contributed by atoms with Gasteiger partial charge in [-0.3, -0.25) is 4.90 Å². The van der Waals surface area contributed by atoms with Crippen LogP contribution in [0.15, 0.2) is 48.5 Å². The molecule has 0 saturated heterocycles. The summed E-state index contributed by atoms with van der Waals surface area (Å²) in [6.07, 6.45) is -4.35. The molecule has 2 aromatic rings. The Hall–Kier alpha value is -2.38. The molecule has 0 spiro atoms. The Morgan fingerprint density at radius 3 is 2.15 bits per heavy atom. The quantitative estimate of drug-likeness (QED) is 0.753. The Morgan fingerprint density at radius 2 is 1.59 bits per heavy atom. The van der Waals surface area contributed by atoms with E-state index in [1.165, 1.54) is 18.2 Å². The highest BCUT2D eigenvalue weighted by molar-refractivity contribution is 5.87. The number of hydrogen-bond donors (Lipinski definition) is 1. The first-order valence-electron chi connectivity index (χ1n) is 8.50. The Labute approximate surface area is 156 Å². The van der Waals surface area contributed by atoms with Crippen molar-refractivity contribution in [3.05, 3.63) is 70.8 Å². The van der Waals surface area contributed by atoms with E-state index in [4.69, 9.17) is 5.11 Å². The van der Waals surface area contributed by atoms with Gasteiger partial charge in [-0.05, 0) is 49.5 Å². The lowest BCUT2D eigenvalue weighted by molar-refractivity contribution is -0.137. The number of hydrogen-bond acceptors (Lipinski definition) is 3. The van der Waals surface area contributed by atoms with E-state index in [-0.39, 0.29) is 5.56 Å². The molecular weight excluding hydrogens is 357 g/mol. The van der Waals surface area contributed by atoms with E-state index in [1.54, 1.807) is 12.1 Å². The zero-order valence-electron chi connectivity index (χ0n) is 15.3. The van der Waals surface area contributed by atoms with Gasteiger partial charge in [-0.15, -0.1) is 0 Å². The summed E-state index contributed by atoms with van der Waals surface area (Å²) in [7, 11) is 3.89. The number of carbonyl (C=O) groups is 1. The van der Waals surface area contributed by atoms with Gasteiger partial charge in [0.15, 0.2) is 0 Å². The van der Waals surface area contributed by atoms with Gasteiger partial charge in [0.25, 0.3) is 0 Å². The Kier molecular flexibility index (Phi) is 6.98. The van der Waals surface area contributed by atoms with Crippen molar-refractivity contribution in [2.45, 2.75) is 19.3 Å². The molecule has 1 N–H and O–H groups in total. The van der Waals surface area contributed by atoms with Crippen LogP contribution < -0.4 is 0 Å². The van der Waals surface area contributed by atoms with Crippen LogP contribution in [0.4, 0.5) is 13.2 Å². The highest BCUT2D eigenvalue weighted by Crippen LogP contribution is 2.29. The third-order valence-corrected chi connectivity index (χ3v) is 4.13. The maximum Gasteiger partial charge on any atom is 0.416 e. The number of nitrogens with zero attached hydrogens (tertiary/aromatic N) is 2. The van der Waals surface area contributed by atoms with Crippen LogP contribution in [0.3, 0.4) is 0 Å². The van der Waals surface area contributed by atoms with E-state index in [2.05, 4.69) is 4.90 Å². The van der Waals surface area contributed by atoms with Crippen molar-refractivity contribution < 1.29 is 23.1 Å². The maximum absolute atomic E-state index is 12.7. The first kappa shape index (κ1) is 20.9. The van der Waals surface area contributed by atoms with Crippen molar-refractivity contribution in [3.8, 4) is 0 Å². The Bertz CT molecular complexity index is 759. The highest BCUT2D eigenvalue weighted by Gasteiger charge is 2.29. The van der Waals surface area contributed by atoms with E-state index in [0.717, 1.165) is 29.8 Å². The third kappa shape index (κ3) is 6.69. The predicted octanol–water partition coefficient (Wildman–Crippen LogP) is 3.97. The summed E-state index contributed by atoms with van der Waals surface area (Å²) in [5, 5.41) is 9.13. The van der Waals surface area contributed by atoms with Crippen molar-refractivity contribution in [2.24, 2.45) is 0 Å². The van der Waals surface area contributed by atoms with E-state index in [0.29, 0.717) is 19.6 Å². The second kappa shape index (κ2) is 9.01. The zero-order valence-corrected chi connectivity index (χ0v) is 15.3. The molecule has 2 aromatic carbocycles. The monoisotopic (exact) mass is 380 g/mol. The lowest BCUT2D eigenvalue weighted by Crippen LogP contribution is -2.31. The van der Waals surface area contributed by atoms with E-state index < -0.39 is 17.7 Å². The molecule has 0 heterocycles. The van der Waals surface area contributed by atoms with Gasteiger partial charge >= 0.3 is 12.1 Å². The number of carboxylic acid groups (broad SMARTS) is 1. The van der Waals surface area contributed by atoms with Crippen LogP contribution in [0.5, 0.6) is 0 Å². The summed E-state index contributed by atoms with van der Waals surface area (Å²) < 4.78 is 38.2. The number of benzene rings is 2. The third-order valence-electron chi connectivity index (χ3n) is 4.13. The average Bonchev–Trinajstić information content (AvgIpc) is 2.59. The molecule has 7 heteroatoms. The van der Waals surface area contributed by atoms with Gasteiger partial charge in [0.1, 0.15) is 0 Å². The van der Waals surface area contributed by atoms with Crippen LogP contribution in [-0.4, -0.2) is 48.1 Å². The lowest BCUT2D eigenvalue weighted by atomic mass is 10.1. The molecule has 0 aliphatic heterocycles. The number of likely N-dealkylation sites (N-methyl/N-ethyl adjacent to an activating group) is 1. The molecule has 0 unspecified atom stereocenters. The normalized spacial score (nSPS) is 12.0. The van der Waals surface area contributed by atoms with E-state index in [9.17, 15) is 18.0 Å². The van der Waals surface area contributed by atoms with Crippen LogP contribution >= 0.6 is 0 Å². The minimum Gasteiger partial charge on any atom is -0.478 e. The van der Waals surface area contributed by atoms with Crippen molar-refractivity contribution in [3.63, 3.8) is 0 Å². The van der Waals surface area contributed by atoms with Crippen molar-refractivity contribution in [1.82, 2.24) is 9.80 Å². The van der Waals surface area contributed by atoms with Gasteiger partial charge in [-0.2, -0.15) is 13.2 Å². The highest BCUT2D eigenvalue weighted by atomic mass is 19.4. The van der Waals surface area contributed by atoms with Gasteiger partial charge in [-0.25, -0.2) is 4.79 Å². The fraction of sp³-hybridized carbons (Fsp3) is 0.350. The Balaban J connectivity index is 2.14. The van der Waals surface area contributed by atoms with E-state index >= 15 is 0 Å². The molecule has 0 aliphatic rings. The summed E-state index contributed by atoms with van der Waals surface area (Å²) in [5.41, 5.74) is 1.17. The average molecular weight is 380 g/mol. The number of carboxylic acids is 1. The summed E-state index contributed by atoms with van der Waals surface area (Å²) in [5.74, 6) is -0.987. The van der Waals surface area contributed by atoms with Crippen LogP contribution in [0.1, 0.15) is 27.0 Å². The fourth-order valence-corrected chi connectivity index (χ4v) is 2.67. The summed E-state index contributed by atoms with van der Waals surface area (Å²) in [6, 6.07) is 11.8. The van der Waals surface area contributed by atoms with Gasteiger partial charge < -0.3 is 10.0 Å². The summed E-state index contributed by atoms with van der Waals surface area (Å²) >= 11 is 0. The molecule has 0 bridgehead atoms. The van der Waals surface area contributed by atoms with Gasteiger partial charge in [0, 0.05) is 26.2 Å². The standard InChI is InChI=1S/C20H23F3N2O2/c1-24(2)10-11-25(14-16-4-3-5-17(12-16)19(26)27)13-15-6-8-18(9-7-15)20(21,22)23/h3-9,12H,10-11,13-14H2,1-2H3,(H,26,27). The molecule has 0 fully saturated rings. The number of aromatic carboxylic acids is 1. The number of alkyl halides is 3. The van der Waals surface area contributed by atoms with Crippen molar-refractivity contribution in [2.75, 3.05) is 27.2 Å². The predicted molar refractivity (Wildman–Crippen MR) is 97.5 cm³/mol. The Morgan fingerprint density at radius 1 is 0.963 bits per heavy atom. The largest absolute Gasteiger partial charge is 0.478 e. The molecule has 0 amide bonds. The fourth-order valence-electron chi connectivity index (χ4n) is 2.67. The summed E-state index contributed by atoms with van der Waals surface area (Å²) in [4.78, 5) is 15.3. The number of rotatable bonds is 8. The maximum atomic E-state index is 12.7. The smallest absolute Gasteiger partial charge is 0.416 e. The molecule has 0 aliphatic carbocycles. The minimum absolute atomic E-state index is 0.217. The molecule has 27 heavy (non-hydrogen) atoms. The van der Waals surface area contributed by atoms with Crippen LogP contribution in [0.25, 0.3) is 0 Å². The summed E-state index contributed by atoms with van der Waals surface area (Å²) in [6.45, 7) is 2.46. The SMILES string of the molecule is CN(C)CCN(Cc1ccc(C(F)(F)F)cc1)Cc1cccc(C(=O)O)c1. The first-order chi connectivity index (χ1) is 12.6. The van der Waals surface area contributed by atoms with Crippen molar-refractivity contribution in [1.29, 1.82) is 0 Å². The van der Waals surface area contributed by atoms with Crippen LogP contribution in [0.2, 0.25) is 0 Å². The first-order valence-corrected chi connectivity index (χ1v) is 8.50. The number of halogens is 3. The molecule has 4 nitrogen and oxygen atoms in total. The van der Waals surface area contributed by atoms with Gasteiger partial charge in [-0.1, -0.05) is 24.3 Å². The molecule has 0 radical (unpaired) electrons. The second-order valence-electron chi connectivity index (χ2n) is 6.71. The molecule has 0 saturated carbocycles.